The van der Waals surface area contributed by atoms with E-state index in [4.69, 9.17) is 9.47 Å². The SMILES string of the molecule is CC(C)COc1cccc(C(=O)NCc2ccc(COC(C)C)cc2)c1. The van der Waals surface area contributed by atoms with Gasteiger partial charge >= 0.3 is 0 Å². The lowest BCUT2D eigenvalue weighted by Crippen LogP contribution is -2.22. The number of amides is 1. The topological polar surface area (TPSA) is 47.6 Å². The highest BCUT2D eigenvalue weighted by Gasteiger charge is 2.07. The van der Waals surface area contributed by atoms with E-state index >= 15 is 0 Å². The van der Waals surface area contributed by atoms with E-state index in [0.29, 0.717) is 31.2 Å². The second-order valence-electron chi connectivity index (χ2n) is 7.09. The van der Waals surface area contributed by atoms with Gasteiger partial charge in [0.05, 0.1) is 19.3 Å². The van der Waals surface area contributed by atoms with Crippen LogP contribution in [0, 0.1) is 5.92 Å². The summed E-state index contributed by atoms with van der Waals surface area (Å²) in [6, 6.07) is 15.4. The van der Waals surface area contributed by atoms with Crippen molar-refractivity contribution in [3.8, 4) is 5.75 Å². The molecule has 2 rings (SSSR count). The van der Waals surface area contributed by atoms with Crippen molar-refractivity contribution < 1.29 is 14.3 Å². The van der Waals surface area contributed by atoms with E-state index < -0.39 is 0 Å². The van der Waals surface area contributed by atoms with Crippen LogP contribution in [0.2, 0.25) is 0 Å². The van der Waals surface area contributed by atoms with Crippen molar-refractivity contribution in [3.63, 3.8) is 0 Å². The molecule has 1 N–H and O–H groups in total. The minimum Gasteiger partial charge on any atom is -0.493 e. The summed E-state index contributed by atoms with van der Waals surface area (Å²) in [5.41, 5.74) is 2.79. The molecule has 4 heteroatoms. The van der Waals surface area contributed by atoms with Crippen LogP contribution in [0.5, 0.6) is 5.75 Å². The Balaban J connectivity index is 1.87. The fraction of sp³-hybridized carbons (Fsp3) is 0.409. The van der Waals surface area contributed by atoms with Gasteiger partial charge in [-0.1, -0.05) is 44.2 Å². The molecule has 0 atom stereocenters. The second-order valence-corrected chi connectivity index (χ2v) is 7.09. The van der Waals surface area contributed by atoms with Gasteiger partial charge in [-0.25, -0.2) is 0 Å². The van der Waals surface area contributed by atoms with E-state index in [1.165, 1.54) is 0 Å². The Bertz CT molecular complexity index is 693. The molecule has 2 aromatic rings. The molecule has 0 aliphatic heterocycles. The minimum absolute atomic E-state index is 0.104. The predicted molar refractivity (Wildman–Crippen MR) is 104 cm³/mol. The molecule has 4 nitrogen and oxygen atoms in total. The average molecular weight is 355 g/mol. The van der Waals surface area contributed by atoms with Crippen LogP contribution in [0.15, 0.2) is 48.5 Å². The molecule has 0 saturated carbocycles. The van der Waals surface area contributed by atoms with E-state index in [1.807, 2.05) is 50.2 Å². The lowest BCUT2D eigenvalue weighted by molar-refractivity contribution is 0.0657. The van der Waals surface area contributed by atoms with E-state index in [1.54, 1.807) is 12.1 Å². The summed E-state index contributed by atoms with van der Waals surface area (Å²) >= 11 is 0. The van der Waals surface area contributed by atoms with Crippen molar-refractivity contribution in [2.75, 3.05) is 6.61 Å². The Morgan fingerprint density at radius 1 is 1.00 bits per heavy atom. The fourth-order valence-corrected chi connectivity index (χ4v) is 2.29. The Labute approximate surface area is 156 Å². The van der Waals surface area contributed by atoms with E-state index in [2.05, 4.69) is 19.2 Å². The van der Waals surface area contributed by atoms with Gasteiger partial charge in [0.1, 0.15) is 5.75 Å². The highest BCUT2D eigenvalue weighted by Crippen LogP contribution is 2.15. The third-order valence-corrected chi connectivity index (χ3v) is 3.74. The Hall–Kier alpha value is -2.33. The first-order chi connectivity index (χ1) is 12.4. The molecule has 0 aromatic heterocycles. The van der Waals surface area contributed by atoms with Gasteiger partial charge in [-0.15, -0.1) is 0 Å². The van der Waals surface area contributed by atoms with E-state index in [0.717, 1.165) is 16.9 Å². The summed E-state index contributed by atoms with van der Waals surface area (Å²) < 4.78 is 11.3. The van der Waals surface area contributed by atoms with Crippen LogP contribution in [0.25, 0.3) is 0 Å². The Morgan fingerprint density at radius 2 is 1.69 bits per heavy atom. The molecule has 0 aliphatic carbocycles. The number of carbonyl (C=O) groups excluding carboxylic acids is 1. The molecular weight excluding hydrogens is 326 g/mol. The molecule has 140 valence electrons. The first-order valence-corrected chi connectivity index (χ1v) is 9.14. The molecule has 0 radical (unpaired) electrons. The third-order valence-electron chi connectivity index (χ3n) is 3.74. The number of carbonyl (C=O) groups is 1. The van der Waals surface area contributed by atoms with Gasteiger partial charge in [0, 0.05) is 12.1 Å². The maximum atomic E-state index is 12.4. The normalized spacial score (nSPS) is 11.0. The molecule has 0 spiro atoms. The highest BCUT2D eigenvalue weighted by atomic mass is 16.5. The monoisotopic (exact) mass is 355 g/mol. The highest BCUT2D eigenvalue weighted by molar-refractivity contribution is 5.94. The molecule has 1 amide bonds. The van der Waals surface area contributed by atoms with Gasteiger partial charge in [0.25, 0.3) is 5.91 Å². The quantitative estimate of drug-likeness (QED) is 0.716. The van der Waals surface area contributed by atoms with Gasteiger partial charge in [0.15, 0.2) is 0 Å². The second kappa shape index (κ2) is 9.97. The average Bonchev–Trinajstić information content (AvgIpc) is 2.63. The summed E-state index contributed by atoms with van der Waals surface area (Å²) in [7, 11) is 0. The number of hydrogen-bond acceptors (Lipinski definition) is 3. The van der Waals surface area contributed by atoms with Crippen LogP contribution < -0.4 is 10.1 Å². The Morgan fingerprint density at radius 3 is 2.35 bits per heavy atom. The lowest BCUT2D eigenvalue weighted by Gasteiger charge is -2.11. The van der Waals surface area contributed by atoms with Crippen LogP contribution in [-0.4, -0.2) is 18.6 Å². The number of hydrogen-bond donors (Lipinski definition) is 1. The van der Waals surface area contributed by atoms with Gasteiger partial charge < -0.3 is 14.8 Å². The van der Waals surface area contributed by atoms with Gasteiger partial charge in [-0.3, -0.25) is 4.79 Å². The molecule has 0 aliphatic rings. The van der Waals surface area contributed by atoms with Gasteiger partial charge in [0.2, 0.25) is 0 Å². The summed E-state index contributed by atoms with van der Waals surface area (Å²) in [5.74, 6) is 1.06. The lowest BCUT2D eigenvalue weighted by atomic mass is 10.1. The van der Waals surface area contributed by atoms with Crippen LogP contribution in [0.1, 0.15) is 49.2 Å². The zero-order valence-electron chi connectivity index (χ0n) is 16.1. The van der Waals surface area contributed by atoms with Crippen molar-refractivity contribution in [1.82, 2.24) is 5.32 Å². The first kappa shape index (κ1) is 20.0. The molecule has 0 heterocycles. The largest absolute Gasteiger partial charge is 0.493 e. The first-order valence-electron chi connectivity index (χ1n) is 9.14. The summed E-state index contributed by atoms with van der Waals surface area (Å²) in [6.07, 6.45) is 0.217. The summed E-state index contributed by atoms with van der Waals surface area (Å²) in [5, 5.41) is 2.95. The molecular formula is C22H29NO3. The third kappa shape index (κ3) is 6.89. The molecule has 0 bridgehead atoms. The van der Waals surface area contributed by atoms with Crippen molar-refractivity contribution in [2.45, 2.75) is 47.0 Å². The minimum atomic E-state index is -0.104. The molecule has 0 saturated heterocycles. The maximum Gasteiger partial charge on any atom is 0.251 e. The fourth-order valence-electron chi connectivity index (χ4n) is 2.29. The summed E-state index contributed by atoms with van der Waals surface area (Å²) in [4.78, 5) is 12.4. The van der Waals surface area contributed by atoms with Gasteiger partial charge in [-0.2, -0.15) is 0 Å². The molecule has 2 aromatic carbocycles. The maximum absolute atomic E-state index is 12.4. The standard InChI is InChI=1S/C22H29NO3/c1-16(2)14-26-21-7-5-6-20(12-21)22(24)23-13-18-8-10-19(11-9-18)15-25-17(3)4/h5-12,16-17H,13-15H2,1-4H3,(H,23,24). The van der Waals surface area contributed by atoms with Crippen molar-refractivity contribution in [3.05, 3.63) is 65.2 Å². The predicted octanol–water partition coefficient (Wildman–Crippen LogP) is 4.58. The van der Waals surface area contributed by atoms with Gasteiger partial charge in [-0.05, 0) is 49.1 Å². The van der Waals surface area contributed by atoms with Crippen LogP contribution in [0.3, 0.4) is 0 Å². The zero-order chi connectivity index (χ0) is 18.9. The number of benzene rings is 2. The van der Waals surface area contributed by atoms with Crippen molar-refractivity contribution in [1.29, 1.82) is 0 Å². The number of rotatable bonds is 9. The van der Waals surface area contributed by atoms with Crippen molar-refractivity contribution in [2.24, 2.45) is 5.92 Å². The van der Waals surface area contributed by atoms with E-state index in [9.17, 15) is 4.79 Å². The smallest absolute Gasteiger partial charge is 0.251 e. The Kier molecular flexibility index (Phi) is 7.67. The number of nitrogens with one attached hydrogen (secondary N) is 1. The zero-order valence-corrected chi connectivity index (χ0v) is 16.1. The number of ether oxygens (including phenoxy) is 2. The molecule has 26 heavy (non-hydrogen) atoms. The van der Waals surface area contributed by atoms with Crippen LogP contribution in [0.4, 0.5) is 0 Å². The van der Waals surface area contributed by atoms with Crippen LogP contribution in [-0.2, 0) is 17.9 Å². The van der Waals surface area contributed by atoms with Crippen molar-refractivity contribution >= 4 is 5.91 Å². The van der Waals surface area contributed by atoms with E-state index in [-0.39, 0.29) is 12.0 Å². The summed E-state index contributed by atoms with van der Waals surface area (Å²) in [6.45, 7) is 9.96. The molecule has 0 unspecified atom stereocenters. The van der Waals surface area contributed by atoms with Crippen LogP contribution >= 0.6 is 0 Å². The molecule has 0 fully saturated rings.